The number of carbonyl (C=O) groups is 1. The Bertz CT molecular complexity index is 427. The van der Waals surface area contributed by atoms with E-state index in [4.69, 9.17) is 11.6 Å². The Morgan fingerprint density at radius 3 is 2.94 bits per heavy atom. The van der Waals surface area contributed by atoms with Crippen molar-refractivity contribution in [2.45, 2.75) is 12.0 Å². The van der Waals surface area contributed by atoms with Gasteiger partial charge >= 0.3 is 0 Å². The van der Waals surface area contributed by atoms with Crippen LogP contribution in [0.1, 0.15) is 11.5 Å². The number of hydrogen-bond acceptors (Lipinski definition) is 2. The van der Waals surface area contributed by atoms with Gasteiger partial charge < -0.3 is 10.2 Å². The normalized spacial score (nSPS) is 24.9. The zero-order chi connectivity index (χ0) is 12.4. The third kappa shape index (κ3) is 2.58. The molecule has 0 aliphatic carbocycles. The lowest BCUT2D eigenvalue weighted by molar-refractivity contribution is -0.110. The highest BCUT2D eigenvalue weighted by Crippen LogP contribution is 2.28. The van der Waals surface area contributed by atoms with Crippen molar-refractivity contribution in [2.75, 3.05) is 20.1 Å². The summed E-state index contributed by atoms with van der Waals surface area (Å²) in [4.78, 5) is 12.7. The quantitative estimate of drug-likeness (QED) is 0.834. The van der Waals surface area contributed by atoms with Gasteiger partial charge in [0.05, 0.1) is 5.02 Å². The SMILES string of the molecule is CN1C[C@@H](NC=O)[C@H](c2ccc(Cl)c(F)c2)C1. The number of halogens is 2. The molecule has 2 atom stereocenters. The summed E-state index contributed by atoms with van der Waals surface area (Å²) < 4.78 is 13.4. The number of hydrogen-bond donors (Lipinski definition) is 1. The second-order valence-corrected chi connectivity index (χ2v) is 4.80. The molecule has 0 radical (unpaired) electrons. The molecule has 2 rings (SSSR count). The molecule has 1 aliphatic rings. The third-order valence-corrected chi connectivity index (χ3v) is 3.46. The van der Waals surface area contributed by atoms with Crippen molar-refractivity contribution in [2.24, 2.45) is 0 Å². The predicted molar refractivity (Wildman–Crippen MR) is 64.6 cm³/mol. The molecule has 1 aliphatic heterocycles. The van der Waals surface area contributed by atoms with E-state index in [1.165, 1.54) is 6.07 Å². The van der Waals surface area contributed by atoms with Crippen molar-refractivity contribution in [3.05, 3.63) is 34.6 Å². The summed E-state index contributed by atoms with van der Waals surface area (Å²) in [7, 11) is 1.98. The van der Waals surface area contributed by atoms with Crippen LogP contribution in [0.15, 0.2) is 18.2 Å². The standard InChI is InChI=1S/C12H14ClFN2O/c1-16-5-9(12(6-16)15-7-17)8-2-3-10(13)11(14)4-8/h2-4,7,9,12H,5-6H2,1H3,(H,15,17)/t9-,12+/m0/s1. The number of nitrogens with one attached hydrogen (secondary N) is 1. The van der Waals surface area contributed by atoms with E-state index < -0.39 is 5.82 Å². The molecule has 1 heterocycles. The molecule has 92 valence electrons. The lowest BCUT2D eigenvalue weighted by atomic mass is 9.94. The van der Waals surface area contributed by atoms with E-state index in [2.05, 4.69) is 10.2 Å². The summed E-state index contributed by atoms with van der Waals surface area (Å²) in [5, 5.41) is 2.90. The average molecular weight is 257 g/mol. The summed E-state index contributed by atoms with van der Waals surface area (Å²) >= 11 is 5.66. The van der Waals surface area contributed by atoms with Crippen LogP contribution in [0, 0.1) is 5.82 Å². The van der Waals surface area contributed by atoms with E-state index in [9.17, 15) is 9.18 Å². The summed E-state index contributed by atoms with van der Waals surface area (Å²) in [5.41, 5.74) is 0.871. The highest BCUT2D eigenvalue weighted by atomic mass is 35.5. The molecule has 0 aromatic heterocycles. The van der Waals surface area contributed by atoms with Gasteiger partial charge in [-0.2, -0.15) is 0 Å². The number of benzene rings is 1. The number of likely N-dealkylation sites (N-methyl/N-ethyl adjacent to an activating group) is 1. The number of rotatable bonds is 3. The van der Waals surface area contributed by atoms with Gasteiger partial charge in [0, 0.05) is 25.0 Å². The lowest BCUT2D eigenvalue weighted by Gasteiger charge is -2.18. The van der Waals surface area contributed by atoms with Gasteiger partial charge in [-0.15, -0.1) is 0 Å². The van der Waals surface area contributed by atoms with Crippen LogP contribution in [-0.4, -0.2) is 37.5 Å². The summed E-state index contributed by atoms with van der Waals surface area (Å²) in [6.07, 6.45) is 0.698. The Morgan fingerprint density at radius 2 is 2.29 bits per heavy atom. The minimum Gasteiger partial charge on any atom is -0.354 e. The third-order valence-electron chi connectivity index (χ3n) is 3.16. The van der Waals surface area contributed by atoms with E-state index in [-0.39, 0.29) is 17.0 Å². The number of amides is 1. The number of carbonyl (C=O) groups excluding carboxylic acids is 1. The van der Waals surface area contributed by atoms with Crippen molar-refractivity contribution in [3.63, 3.8) is 0 Å². The molecule has 0 bridgehead atoms. The van der Waals surface area contributed by atoms with Crippen molar-refractivity contribution < 1.29 is 9.18 Å². The van der Waals surface area contributed by atoms with Crippen molar-refractivity contribution in [3.8, 4) is 0 Å². The molecule has 0 saturated carbocycles. The second-order valence-electron chi connectivity index (χ2n) is 4.39. The first kappa shape index (κ1) is 12.3. The molecule has 1 aromatic carbocycles. The van der Waals surface area contributed by atoms with Gasteiger partial charge in [-0.25, -0.2) is 4.39 Å². The van der Waals surface area contributed by atoms with Crippen LogP contribution in [0.3, 0.4) is 0 Å². The summed E-state index contributed by atoms with van der Waals surface area (Å²) in [6, 6.07) is 4.85. The van der Waals surface area contributed by atoms with Crippen LogP contribution in [-0.2, 0) is 4.79 Å². The first-order valence-electron chi connectivity index (χ1n) is 5.45. The topological polar surface area (TPSA) is 32.3 Å². The van der Waals surface area contributed by atoms with Gasteiger partial charge in [-0.3, -0.25) is 4.79 Å². The lowest BCUT2D eigenvalue weighted by Crippen LogP contribution is -2.34. The van der Waals surface area contributed by atoms with E-state index in [0.29, 0.717) is 6.41 Å². The van der Waals surface area contributed by atoms with Crippen LogP contribution < -0.4 is 5.32 Å². The maximum absolute atomic E-state index is 13.4. The monoisotopic (exact) mass is 256 g/mol. The first-order valence-corrected chi connectivity index (χ1v) is 5.83. The second kappa shape index (κ2) is 5.02. The Hall–Kier alpha value is -1.13. The Kier molecular flexibility index (Phi) is 3.64. The average Bonchev–Trinajstić information content (AvgIpc) is 2.64. The molecule has 1 amide bonds. The Balaban J connectivity index is 2.24. The molecule has 1 fully saturated rings. The molecule has 1 saturated heterocycles. The van der Waals surface area contributed by atoms with E-state index >= 15 is 0 Å². The van der Waals surface area contributed by atoms with Crippen LogP contribution in [0.2, 0.25) is 5.02 Å². The first-order chi connectivity index (χ1) is 8.11. The molecule has 0 unspecified atom stereocenters. The largest absolute Gasteiger partial charge is 0.354 e. The highest BCUT2D eigenvalue weighted by molar-refractivity contribution is 6.30. The van der Waals surface area contributed by atoms with Gasteiger partial charge in [0.2, 0.25) is 6.41 Å². The van der Waals surface area contributed by atoms with E-state index in [1.54, 1.807) is 6.07 Å². The molecule has 3 nitrogen and oxygen atoms in total. The predicted octanol–water partition coefficient (Wildman–Crippen LogP) is 1.62. The van der Waals surface area contributed by atoms with E-state index in [1.807, 2.05) is 13.1 Å². The molecule has 1 N–H and O–H groups in total. The molecule has 17 heavy (non-hydrogen) atoms. The number of nitrogens with zero attached hydrogens (tertiary/aromatic N) is 1. The van der Waals surface area contributed by atoms with Crippen LogP contribution in [0.5, 0.6) is 0 Å². The molecular weight excluding hydrogens is 243 g/mol. The molecule has 1 aromatic rings. The highest BCUT2D eigenvalue weighted by Gasteiger charge is 2.31. The van der Waals surface area contributed by atoms with Gasteiger partial charge in [-0.1, -0.05) is 17.7 Å². The maximum Gasteiger partial charge on any atom is 0.207 e. The zero-order valence-electron chi connectivity index (χ0n) is 9.49. The van der Waals surface area contributed by atoms with Gasteiger partial charge in [-0.05, 0) is 24.7 Å². The fourth-order valence-electron chi connectivity index (χ4n) is 2.34. The van der Waals surface area contributed by atoms with Crippen molar-refractivity contribution in [1.29, 1.82) is 0 Å². The Labute approximate surface area is 105 Å². The number of likely N-dealkylation sites (tertiary alicyclic amines) is 1. The summed E-state index contributed by atoms with van der Waals surface area (Å²) in [6.45, 7) is 1.57. The van der Waals surface area contributed by atoms with E-state index in [0.717, 1.165) is 18.7 Å². The van der Waals surface area contributed by atoms with Crippen LogP contribution >= 0.6 is 11.6 Å². The fraction of sp³-hybridized carbons (Fsp3) is 0.417. The van der Waals surface area contributed by atoms with Crippen molar-refractivity contribution in [1.82, 2.24) is 10.2 Å². The van der Waals surface area contributed by atoms with Crippen LogP contribution in [0.4, 0.5) is 4.39 Å². The van der Waals surface area contributed by atoms with Crippen LogP contribution in [0.25, 0.3) is 0 Å². The maximum atomic E-state index is 13.4. The van der Waals surface area contributed by atoms with Gasteiger partial charge in [0.1, 0.15) is 5.82 Å². The fourth-order valence-corrected chi connectivity index (χ4v) is 2.46. The zero-order valence-corrected chi connectivity index (χ0v) is 10.2. The molecule has 5 heteroatoms. The molecule has 0 spiro atoms. The molecular formula is C12H14ClFN2O. The minimum absolute atomic E-state index is 0.0260. The van der Waals surface area contributed by atoms with Crippen molar-refractivity contribution >= 4 is 18.0 Å². The smallest absolute Gasteiger partial charge is 0.207 e. The van der Waals surface area contributed by atoms with Gasteiger partial charge in [0.25, 0.3) is 0 Å². The Morgan fingerprint density at radius 1 is 1.53 bits per heavy atom. The summed E-state index contributed by atoms with van der Waals surface area (Å²) in [5.74, 6) is -0.305. The van der Waals surface area contributed by atoms with Gasteiger partial charge in [0.15, 0.2) is 0 Å². The minimum atomic E-state index is -0.413.